The second kappa shape index (κ2) is 6.61. The standard InChI is InChI=1S/C17H16O4/c1-20-14-10-7-12(8-11-14)6-9-13-4-3-5-15(21-2)16(13)17(18)19/h3-11H,1-2H3,(H,18,19). The Hall–Kier alpha value is -2.75. The zero-order valence-electron chi connectivity index (χ0n) is 11.9. The van der Waals surface area contributed by atoms with Gasteiger partial charge >= 0.3 is 5.97 Å². The predicted octanol–water partition coefficient (Wildman–Crippen LogP) is 3.57. The molecule has 21 heavy (non-hydrogen) atoms. The highest BCUT2D eigenvalue weighted by atomic mass is 16.5. The summed E-state index contributed by atoms with van der Waals surface area (Å²) < 4.78 is 10.2. The Kier molecular flexibility index (Phi) is 4.61. The molecule has 2 aromatic rings. The van der Waals surface area contributed by atoms with Gasteiger partial charge in [-0.3, -0.25) is 0 Å². The topological polar surface area (TPSA) is 55.8 Å². The van der Waals surface area contributed by atoms with Crippen LogP contribution in [-0.2, 0) is 0 Å². The summed E-state index contributed by atoms with van der Waals surface area (Å²) in [6.07, 6.45) is 3.61. The minimum absolute atomic E-state index is 0.157. The number of carboxylic acids is 1. The molecule has 0 fully saturated rings. The Morgan fingerprint density at radius 1 is 1.00 bits per heavy atom. The minimum Gasteiger partial charge on any atom is -0.497 e. The van der Waals surface area contributed by atoms with Crippen LogP contribution in [0.15, 0.2) is 42.5 Å². The van der Waals surface area contributed by atoms with Gasteiger partial charge in [0.25, 0.3) is 0 Å². The molecular weight excluding hydrogens is 268 g/mol. The normalized spacial score (nSPS) is 10.6. The van der Waals surface area contributed by atoms with Gasteiger partial charge in [-0.25, -0.2) is 4.79 Å². The van der Waals surface area contributed by atoms with Gasteiger partial charge in [0, 0.05) is 0 Å². The Bertz CT molecular complexity index is 657. The molecule has 0 saturated carbocycles. The third-order valence-corrected chi connectivity index (χ3v) is 3.06. The van der Waals surface area contributed by atoms with Crippen molar-refractivity contribution in [3.8, 4) is 11.5 Å². The van der Waals surface area contributed by atoms with Gasteiger partial charge < -0.3 is 14.6 Å². The van der Waals surface area contributed by atoms with E-state index in [2.05, 4.69) is 0 Å². The molecule has 0 aliphatic carbocycles. The summed E-state index contributed by atoms with van der Waals surface area (Å²) in [7, 11) is 3.07. The Labute approximate surface area is 123 Å². The monoisotopic (exact) mass is 284 g/mol. The van der Waals surface area contributed by atoms with Crippen LogP contribution in [0.4, 0.5) is 0 Å². The summed E-state index contributed by atoms with van der Waals surface area (Å²) in [5.74, 6) is 0.112. The van der Waals surface area contributed by atoms with Crippen LogP contribution in [0.3, 0.4) is 0 Å². The summed E-state index contributed by atoms with van der Waals surface area (Å²) in [5.41, 5.74) is 1.71. The molecule has 0 heterocycles. The predicted molar refractivity (Wildman–Crippen MR) is 81.9 cm³/mol. The molecular formula is C17H16O4. The number of hydrogen-bond donors (Lipinski definition) is 1. The van der Waals surface area contributed by atoms with E-state index in [1.807, 2.05) is 30.3 Å². The van der Waals surface area contributed by atoms with Crippen molar-refractivity contribution in [1.29, 1.82) is 0 Å². The first kappa shape index (κ1) is 14.7. The molecule has 0 radical (unpaired) electrons. The van der Waals surface area contributed by atoms with Crippen LogP contribution < -0.4 is 9.47 Å². The van der Waals surface area contributed by atoms with Crippen molar-refractivity contribution in [3.05, 3.63) is 59.2 Å². The molecule has 0 aliphatic rings. The van der Waals surface area contributed by atoms with Crippen LogP contribution in [0.2, 0.25) is 0 Å². The van der Waals surface area contributed by atoms with E-state index in [-0.39, 0.29) is 5.56 Å². The van der Waals surface area contributed by atoms with Gasteiger partial charge in [0.1, 0.15) is 17.1 Å². The quantitative estimate of drug-likeness (QED) is 0.853. The van der Waals surface area contributed by atoms with Gasteiger partial charge in [0.2, 0.25) is 0 Å². The molecule has 0 amide bonds. The molecule has 2 aromatic carbocycles. The molecule has 0 bridgehead atoms. The van der Waals surface area contributed by atoms with Gasteiger partial charge in [-0.2, -0.15) is 0 Å². The number of hydrogen-bond acceptors (Lipinski definition) is 3. The molecule has 0 unspecified atom stereocenters. The summed E-state index contributed by atoms with van der Waals surface area (Å²) in [6.45, 7) is 0. The van der Waals surface area contributed by atoms with Crippen LogP contribution in [0, 0.1) is 0 Å². The Morgan fingerprint density at radius 2 is 1.71 bits per heavy atom. The molecule has 0 aliphatic heterocycles. The number of carbonyl (C=O) groups is 1. The number of aromatic carboxylic acids is 1. The molecule has 108 valence electrons. The third kappa shape index (κ3) is 3.42. The number of rotatable bonds is 5. The van der Waals surface area contributed by atoms with E-state index in [0.29, 0.717) is 11.3 Å². The van der Waals surface area contributed by atoms with Crippen molar-refractivity contribution < 1.29 is 19.4 Å². The Morgan fingerprint density at radius 3 is 2.29 bits per heavy atom. The molecule has 1 N–H and O–H groups in total. The maximum absolute atomic E-state index is 11.4. The molecule has 0 spiro atoms. The molecule has 4 nitrogen and oxygen atoms in total. The number of ether oxygens (including phenoxy) is 2. The van der Waals surface area contributed by atoms with Crippen molar-refractivity contribution in [1.82, 2.24) is 0 Å². The Balaban J connectivity index is 2.33. The first-order chi connectivity index (χ1) is 10.2. The third-order valence-electron chi connectivity index (χ3n) is 3.06. The van der Waals surface area contributed by atoms with Gasteiger partial charge in [-0.15, -0.1) is 0 Å². The summed E-state index contributed by atoms with van der Waals surface area (Å²) >= 11 is 0. The zero-order chi connectivity index (χ0) is 15.2. The van der Waals surface area contributed by atoms with E-state index in [1.54, 1.807) is 31.4 Å². The highest BCUT2D eigenvalue weighted by molar-refractivity contribution is 5.96. The first-order valence-corrected chi connectivity index (χ1v) is 6.38. The van der Waals surface area contributed by atoms with Crippen LogP contribution >= 0.6 is 0 Å². The smallest absolute Gasteiger partial charge is 0.340 e. The second-order valence-electron chi connectivity index (χ2n) is 4.34. The van der Waals surface area contributed by atoms with Gasteiger partial charge in [0.05, 0.1) is 14.2 Å². The zero-order valence-corrected chi connectivity index (χ0v) is 11.9. The lowest BCUT2D eigenvalue weighted by atomic mass is 10.0. The molecule has 0 atom stereocenters. The number of methoxy groups -OCH3 is 2. The van der Waals surface area contributed by atoms with Crippen molar-refractivity contribution in [2.45, 2.75) is 0 Å². The minimum atomic E-state index is -1.01. The lowest BCUT2D eigenvalue weighted by Gasteiger charge is -2.07. The molecule has 0 aromatic heterocycles. The highest BCUT2D eigenvalue weighted by Crippen LogP contribution is 2.24. The summed E-state index contributed by atoms with van der Waals surface area (Å²) in [4.78, 5) is 11.4. The van der Waals surface area contributed by atoms with Crippen LogP contribution in [-0.4, -0.2) is 25.3 Å². The van der Waals surface area contributed by atoms with Crippen LogP contribution in [0.25, 0.3) is 12.2 Å². The van der Waals surface area contributed by atoms with Gasteiger partial charge in [-0.05, 0) is 29.3 Å². The van der Waals surface area contributed by atoms with Crippen molar-refractivity contribution in [2.24, 2.45) is 0 Å². The fourth-order valence-electron chi connectivity index (χ4n) is 1.99. The van der Waals surface area contributed by atoms with E-state index >= 15 is 0 Å². The van der Waals surface area contributed by atoms with E-state index in [0.717, 1.165) is 11.3 Å². The van der Waals surface area contributed by atoms with Crippen molar-refractivity contribution in [3.63, 3.8) is 0 Å². The van der Waals surface area contributed by atoms with E-state index in [4.69, 9.17) is 9.47 Å². The number of benzene rings is 2. The lowest BCUT2D eigenvalue weighted by Crippen LogP contribution is -2.02. The number of carboxylic acid groups (broad SMARTS) is 1. The average molecular weight is 284 g/mol. The van der Waals surface area contributed by atoms with Gasteiger partial charge in [-0.1, -0.05) is 36.4 Å². The van der Waals surface area contributed by atoms with Gasteiger partial charge in [0.15, 0.2) is 0 Å². The second-order valence-corrected chi connectivity index (χ2v) is 4.34. The van der Waals surface area contributed by atoms with Crippen molar-refractivity contribution in [2.75, 3.05) is 14.2 Å². The summed E-state index contributed by atoms with van der Waals surface area (Å²) in [5, 5.41) is 9.31. The maximum Gasteiger partial charge on any atom is 0.340 e. The maximum atomic E-state index is 11.4. The van der Waals surface area contributed by atoms with E-state index < -0.39 is 5.97 Å². The molecule has 4 heteroatoms. The van der Waals surface area contributed by atoms with E-state index in [1.165, 1.54) is 7.11 Å². The van der Waals surface area contributed by atoms with Crippen molar-refractivity contribution >= 4 is 18.1 Å². The van der Waals surface area contributed by atoms with Crippen LogP contribution in [0.5, 0.6) is 11.5 Å². The molecule has 2 rings (SSSR count). The fraction of sp³-hybridized carbons (Fsp3) is 0.118. The van der Waals surface area contributed by atoms with Crippen LogP contribution in [0.1, 0.15) is 21.5 Å². The first-order valence-electron chi connectivity index (χ1n) is 6.38. The molecule has 0 saturated heterocycles. The SMILES string of the molecule is COc1ccc(C=Cc2cccc(OC)c2C(=O)O)cc1. The summed E-state index contributed by atoms with van der Waals surface area (Å²) in [6, 6.07) is 12.6. The van der Waals surface area contributed by atoms with E-state index in [9.17, 15) is 9.90 Å². The highest BCUT2D eigenvalue weighted by Gasteiger charge is 2.14. The largest absolute Gasteiger partial charge is 0.497 e. The average Bonchev–Trinajstić information content (AvgIpc) is 2.52. The fourth-order valence-corrected chi connectivity index (χ4v) is 1.99. The lowest BCUT2D eigenvalue weighted by molar-refractivity contribution is 0.0693.